The number of nitrogens with one attached hydrogen (secondary N) is 1. The number of aliphatic imine (C=N–C) groups is 2. The average Bonchev–Trinajstić information content (AvgIpc) is 4.12. The Hall–Kier alpha value is -6.02. The fourth-order valence-corrected chi connectivity index (χ4v) is 14.6. The van der Waals surface area contributed by atoms with E-state index in [1.54, 1.807) is 10.4 Å². The van der Waals surface area contributed by atoms with Crippen LogP contribution >= 0.6 is 22.7 Å². The van der Waals surface area contributed by atoms with Crippen molar-refractivity contribution in [2.45, 2.75) is 88.8 Å². The predicted molar refractivity (Wildman–Crippen MR) is 271 cm³/mol. The topological polar surface area (TPSA) is 44.9 Å². The number of hydrogen-bond acceptors (Lipinski definition) is 6. The molecule has 0 spiro atoms. The van der Waals surface area contributed by atoms with Crippen molar-refractivity contribution in [1.82, 2.24) is 9.88 Å². The highest BCUT2D eigenvalue weighted by Gasteiger charge is 2.41. The molecule has 1 N–H and O–H groups in total. The molecule has 4 unspecified atom stereocenters. The van der Waals surface area contributed by atoms with E-state index in [0.717, 1.165) is 49.3 Å². The smallest absolute Gasteiger partial charge is 0.169 e. The third-order valence-corrected chi connectivity index (χ3v) is 17.4. The van der Waals surface area contributed by atoms with Crippen molar-refractivity contribution in [2.24, 2.45) is 15.9 Å². The van der Waals surface area contributed by atoms with Gasteiger partial charge >= 0.3 is 0 Å². The Morgan fingerprint density at radius 2 is 1.59 bits per heavy atom. The largest absolute Gasteiger partial charge is 0.332 e. The fraction of sp³-hybridized carbons (Fsp3) is 0.263. The minimum Gasteiger partial charge on any atom is -0.332 e. The van der Waals surface area contributed by atoms with Gasteiger partial charge in [0.15, 0.2) is 6.17 Å². The Kier molecular flexibility index (Phi) is 8.62. The maximum atomic E-state index is 5.70. The molecule has 0 saturated carbocycles. The van der Waals surface area contributed by atoms with Gasteiger partial charge in [0, 0.05) is 68.4 Å². The number of benzene rings is 4. The molecule has 7 aliphatic rings. The van der Waals surface area contributed by atoms with E-state index >= 15 is 0 Å². The van der Waals surface area contributed by atoms with Crippen LogP contribution in [0, 0.1) is 5.92 Å². The number of thiophene rings is 2. The van der Waals surface area contributed by atoms with Crippen LogP contribution < -0.4 is 20.8 Å². The SMILES string of the molecule is C1=CCCC(C2=NC(c3ccccc3)N=C(C3C=C(N4C5=CCCCC5c5ccc6sc7ccccc7c6c54)C=CC3n3c4c(c5ccc6sc7c(c6c53)CCCC7)=CCCC=4)N2)=C1. The molecule has 5 aliphatic carbocycles. The summed E-state index contributed by atoms with van der Waals surface area (Å²) in [5.41, 5.74) is 10.9. The molecule has 7 aromatic rings. The summed E-state index contributed by atoms with van der Waals surface area (Å²) in [7, 11) is 0. The molecule has 64 heavy (non-hydrogen) atoms. The molecule has 3 aromatic heterocycles. The van der Waals surface area contributed by atoms with Crippen molar-refractivity contribution in [3.05, 3.63) is 170 Å². The van der Waals surface area contributed by atoms with Crippen molar-refractivity contribution < 1.29 is 0 Å². The first-order chi connectivity index (χ1) is 31.7. The normalized spacial score (nSPS) is 23.6. The number of nitrogens with zero attached hydrogens (tertiary/aromatic N) is 4. The zero-order chi connectivity index (χ0) is 41.9. The molecule has 2 aliphatic heterocycles. The second-order valence-corrected chi connectivity index (χ2v) is 20.9. The standard InChI is InChI=1S/C57H49N5S2/c1-3-15-34(16-4-1)55-58-56(35-17-5-2-6-18-35)60-57(59-55)43-33-36(61-44-23-11-7-19-37(44)39-28-31-49-51(53(39)61)41-21-9-13-25-47(41)63-49)27-30-46(43)62-45-24-12-8-20-38(45)40-29-32-50-52(54(40)62)42-22-10-14-26-48(42)64-50/h1-5,9,13,15-17,20-21,23-25,27-33,37,43,46,55H,6-8,10-12,14,18-19,22,26H2,(H,58,59,60). The molecule has 0 radical (unpaired) electrons. The number of anilines is 1. The highest BCUT2D eigenvalue weighted by molar-refractivity contribution is 7.26. The molecule has 5 nitrogen and oxygen atoms in total. The molecule has 0 bridgehead atoms. The number of aromatic nitrogens is 1. The zero-order valence-corrected chi connectivity index (χ0v) is 37.5. The first-order valence-corrected chi connectivity index (χ1v) is 25.3. The number of aryl methyl sites for hydroxylation is 2. The first kappa shape index (κ1) is 37.4. The molecule has 314 valence electrons. The van der Waals surface area contributed by atoms with Gasteiger partial charge in [0.1, 0.15) is 11.7 Å². The van der Waals surface area contributed by atoms with Gasteiger partial charge in [-0.25, -0.2) is 9.98 Å². The number of rotatable bonds is 5. The summed E-state index contributed by atoms with van der Waals surface area (Å²) in [4.78, 5) is 15.4. The third kappa shape index (κ3) is 5.66. The molecule has 0 amide bonds. The van der Waals surface area contributed by atoms with E-state index in [1.807, 2.05) is 22.7 Å². The van der Waals surface area contributed by atoms with E-state index in [2.05, 4.69) is 148 Å². The van der Waals surface area contributed by atoms with Crippen LogP contribution in [-0.2, 0) is 12.8 Å². The molecular formula is C57H49N5S2. The quantitative estimate of drug-likeness (QED) is 0.187. The monoisotopic (exact) mass is 867 g/mol. The summed E-state index contributed by atoms with van der Waals surface area (Å²) >= 11 is 3.97. The van der Waals surface area contributed by atoms with Crippen LogP contribution in [0.4, 0.5) is 5.69 Å². The van der Waals surface area contributed by atoms with E-state index in [-0.39, 0.29) is 18.1 Å². The molecule has 5 heterocycles. The summed E-state index contributed by atoms with van der Waals surface area (Å²) in [6, 6.07) is 29.5. The van der Waals surface area contributed by atoms with Gasteiger partial charge in [-0.1, -0.05) is 103 Å². The van der Waals surface area contributed by atoms with Gasteiger partial charge in [-0.15, -0.1) is 22.7 Å². The number of hydrogen-bond donors (Lipinski definition) is 1. The fourth-order valence-electron chi connectivity index (χ4n) is 12.2. The predicted octanol–water partition coefficient (Wildman–Crippen LogP) is 13.1. The van der Waals surface area contributed by atoms with Crippen LogP contribution in [0.3, 0.4) is 0 Å². The summed E-state index contributed by atoms with van der Waals surface area (Å²) in [6.07, 6.45) is 34.1. The van der Waals surface area contributed by atoms with E-state index in [9.17, 15) is 0 Å². The van der Waals surface area contributed by atoms with Crippen molar-refractivity contribution >= 4 is 93.3 Å². The Bertz CT molecular complexity index is 3490. The molecule has 0 fully saturated rings. The second kappa shape index (κ2) is 14.8. The van der Waals surface area contributed by atoms with Crippen LogP contribution in [0.2, 0.25) is 0 Å². The summed E-state index contributed by atoms with van der Waals surface area (Å²) < 4.78 is 6.91. The van der Waals surface area contributed by atoms with Crippen LogP contribution in [-0.4, -0.2) is 16.2 Å². The number of amidine groups is 2. The molecule has 0 saturated heterocycles. The van der Waals surface area contributed by atoms with E-state index < -0.39 is 0 Å². The average molecular weight is 868 g/mol. The summed E-state index contributed by atoms with van der Waals surface area (Å²) in [5.74, 6) is 2.22. The van der Waals surface area contributed by atoms with Gasteiger partial charge in [-0.05, 0) is 123 Å². The lowest BCUT2D eigenvalue weighted by Crippen LogP contribution is -2.45. The summed E-state index contributed by atoms with van der Waals surface area (Å²) in [5, 5.41) is 12.4. The van der Waals surface area contributed by atoms with Crippen molar-refractivity contribution in [2.75, 3.05) is 4.90 Å². The van der Waals surface area contributed by atoms with Gasteiger partial charge in [-0.3, -0.25) is 0 Å². The Morgan fingerprint density at radius 1 is 0.719 bits per heavy atom. The molecule has 7 heteroatoms. The third-order valence-electron chi connectivity index (χ3n) is 15.1. The molecule has 4 aromatic carbocycles. The van der Waals surface area contributed by atoms with Crippen LogP contribution in [0.1, 0.15) is 97.5 Å². The minimum absolute atomic E-state index is 0.0271. The molecular weight excluding hydrogens is 819 g/mol. The van der Waals surface area contributed by atoms with E-state index in [0.29, 0.717) is 5.92 Å². The first-order valence-electron chi connectivity index (χ1n) is 23.7. The van der Waals surface area contributed by atoms with Crippen LogP contribution in [0.15, 0.2) is 148 Å². The molecule has 14 rings (SSSR count). The van der Waals surface area contributed by atoms with Crippen molar-refractivity contribution in [3.63, 3.8) is 0 Å². The van der Waals surface area contributed by atoms with Crippen LogP contribution in [0.25, 0.3) is 53.3 Å². The summed E-state index contributed by atoms with van der Waals surface area (Å²) in [6.45, 7) is 0. The lowest BCUT2D eigenvalue weighted by molar-refractivity contribution is 0.531. The highest BCUT2D eigenvalue weighted by Crippen LogP contribution is 2.56. The van der Waals surface area contributed by atoms with Crippen molar-refractivity contribution in [1.29, 1.82) is 0 Å². The number of fused-ring (bicyclic) bond motifs is 14. The highest BCUT2D eigenvalue weighted by atomic mass is 32.1. The van der Waals surface area contributed by atoms with E-state index in [4.69, 9.17) is 9.98 Å². The lowest BCUT2D eigenvalue weighted by atomic mass is 9.88. The lowest BCUT2D eigenvalue weighted by Gasteiger charge is -2.36. The van der Waals surface area contributed by atoms with Crippen LogP contribution in [0.5, 0.6) is 0 Å². The second-order valence-electron chi connectivity index (χ2n) is 18.7. The zero-order valence-electron chi connectivity index (χ0n) is 35.9. The maximum Gasteiger partial charge on any atom is 0.169 e. The number of allylic oxidation sites excluding steroid dienone is 7. The van der Waals surface area contributed by atoms with Crippen molar-refractivity contribution in [3.8, 4) is 0 Å². The Labute approximate surface area is 381 Å². The Morgan fingerprint density at radius 3 is 2.53 bits per heavy atom. The van der Waals surface area contributed by atoms with E-state index in [1.165, 1.54) is 118 Å². The molecule has 4 atom stereocenters. The maximum absolute atomic E-state index is 5.70. The van der Waals surface area contributed by atoms with Gasteiger partial charge < -0.3 is 14.8 Å². The van der Waals surface area contributed by atoms with Gasteiger partial charge in [0.2, 0.25) is 0 Å². The van der Waals surface area contributed by atoms with Gasteiger partial charge in [0.25, 0.3) is 0 Å². The minimum atomic E-state index is -0.344. The van der Waals surface area contributed by atoms with Gasteiger partial charge in [-0.2, -0.15) is 0 Å². The Balaban J connectivity index is 1.03. The van der Waals surface area contributed by atoms with Gasteiger partial charge in [0.05, 0.1) is 23.2 Å².